The molecule has 0 amide bonds. The lowest BCUT2D eigenvalue weighted by Crippen LogP contribution is -2.33. The van der Waals surface area contributed by atoms with Crippen LogP contribution in [0.4, 0.5) is 5.69 Å². The molecule has 2 atom stereocenters. The molecule has 0 fully saturated rings. The average Bonchev–Trinajstić information content (AvgIpc) is 3.25. The molecule has 5 nitrogen and oxygen atoms in total. The van der Waals surface area contributed by atoms with E-state index in [0.29, 0.717) is 11.6 Å². The van der Waals surface area contributed by atoms with E-state index in [2.05, 4.69) is 46.3 Å². The minimum atomic E-state index is -0.301. The van der Waals surface area contributed by atoms with Gasteiger partial charge in [-0.2, -0.15) is 5.10 Å². The predicted octanol–water partition coefficient (Wildman–Crippen LogP) is 6.05. The molecule has 0 saturated carbocycles. The van der Waals surface area contributed by atoms with E-state index in [0.717, 1.165) is 46.0 Å². The third-order valence-electron chi connectivity index (χ3n) is 5.95. The molecule has 0 unspecified atom stereocenters. The summed E-state index contributed by atoms with van der Waals surface area (Å²) in [7, 11) is 4.08. The first-order chi connectivity index (χ1) is 15.5. The molecule has 164 valence electrons. The topological polar surface area (TPSA) is 37.3 Å². The van der Waals surface area contributed by atoms with Crippen molar-refractivity contribution in [1.82, 2.24) is 5.01 Å². The first-order valence-electron chi connectivity index (χ1n) is 10.9. The quantitative estimate of drug-likeness (QED) is 0.477. The van der Waals surface area contributed by atoms with Gasteiger partial charge in [-0.1, -0.05) is 23.7 Å². The van der Waals surface area contributed by atoms with Crippen molar-refractivity contribution in [2.24, 2.45) is 5.10 Å². The monoisotopic (exact) mass is 447 g/mol. The second kappa shape index (κ2) is 8.40. The Hall–Kier alpha value is -3.18. The number of benzene rings is 3. The molecule has 2 heterocycles. The summed E-state index contributed by atoms with van der Waals surface area (Å²) in [6.45, 7) is 2.64. The zero-order valence-electron chi connectivity index (χ0n) is 18.5. The Bertz CT molecular complexity index is 1140. The molecule has 0 radical (unpaired) electrons. The maximum atomic E-state index is 6.45. The Morgan fingerprint density at radius 2 is 1.81 bits per heavy atom. The van der Waals surface area contributed by atoms with Crippen LogP contribution in [0.1, 0.15) is 42.3 Å². The molecule has 0 N–H and O–H groups in total. The van der Waals surface area contributed by atoms with Crippen LogP contribution in [0.25, 0.3) is 0 Å². The SMILES string of the molecule is CCOc1ccc(C2=NN3[C@@H](C2)c2cc(Cl)ccc2O[C@H]3c2ccc(N(C)C)cc2)cc1. The van der Waals surface area contributed by atoms with Gasteiger partial charge in [0.25, 0.3) is 0 Å². The molecule has 3 aromatic rings. The van der Waals surface area contributed by atoms with Crippen LogP contribution in [0.2, 0.25) is 5.02 Å². The van der Waals surface area contributed by atoms with E-state index in [9.17, 15) is 0 Å². The van der Waals surface area contributed by atoms with E-state index in [1.807, 2.05) is 51.4 Å². The van der Waals surface area contributed by atoms with Gasteiger partial charge < -0.3 is 14.4 Å². The maximum absolute atomic E-state index is 6.45. The van der Waals surface area contributed by atoms with Gasteiger partial charge in [0.2, 0.25) is 6.23 Å². The summed E-state index contributed by atoms with van der Waals surface area (Å²) in [5.41, 5.74) is 5.41. The molecule has 3 aromatic carbocycles. The van der Waals surface area contributed by atoms with Gasteiger partial charge in [0.15, 0.2) is 0 Å². The Balaban J connectivity index is 1.52. The smallest absolute Gasteiger partial charge is 0.213 e. The predicted molar refractivity (Wildman–Crippen MR) is 129 cm³/mol. The molecule has 0 bridgehead atoms. The summed E-state index contributed by atoms with van der Waals surface area (Å²) in [5.74, 6) is 1.73. The molecule has 2 aliphatic rings. The van der Waals surface area contributed by atoms with Crippen LogP contribution in [0.3, 0.4) is 0 Å². The fraction of sp³-hybridized carbons (Fsp3) is 0.269. The third-order valence-corrected chi connectivity index (χ3v) is 6.18. The molecule has 2 aliphatic heterocycles. The number of hydrogen-bond acceptors (Lipinski definition) is 5. The van der Waals surface area contributed by atoms with Crippen LogP contribution in [-0.4, -0.2) is 31.4 Å². The van der Waals surface area contributed by atoms with Crippen molar-refractivity contribution >= 4 is 23.0 Å². The number of fused-ring (bicyclic) bond motifs is 3. The van der Waals surface area contributed by atoms with Crippen LogP contribution in [0.5, 0.6) is 11.5 Å². The van der Waals surface area contributed by atoms with Crippen molar-refractivity contribution in [3.8, 4) is 11.5 Å². The first kappa shape index (κ1) is 20.7. The summed E-state index contributed by atoms with van der Waals surface area (Å²) in [6.07, 6.45) is 0.488. The average molecular weight is 448 g/mol. The molecular formula is C26H26ClN3O2. The molecular weight excluding hydrogens is 422 g/mol. The molecule has 0 aliphatic carbocycles. The van der Waals surface area contributed by atoms with E-state index in [1.54, 1.807) is 0 Å². The standard InChI is InChI=1S/C26H26ClN3O2/c1-4-31-21-12-7-17(8-13-21)23-16-24-22-15-19(27)9-14-25(22)32-26(30(24)28-23)18-5-10-20(11-6-18)29(2)3/h5-15,24,26H,4,16H2,1-3H3/t24-,26-/m0/s1. The van der Waals surface area contributed by atoms with Crippen molar-refractivity contribution in [2.45, 2.75) is 25.6 Å². The molecule has 0 aromatic heterocycles. The summed E-state index contributed by atoms with van der Waals surface area (Å²) in [4.78, 5) is 2.09. The van der Waals surface area contributed by atoms with Crippen LogP contribution in [0.15, 0.2) is 71.8 Å². The second-order valence-electron chi connectivity index (χ2n) is 8.24. The van der Waals surface area contributed by atoms with Crippen molar-refractivity contribution in [1.29, 1.82) is 0 Å². The van der Waals surface area contributed by atoms with Crippen LogP contribution < -0.4 is 14.4 Å². The summed E-state index contributed by atoms with van der Waals surface area (Å²) in [5, 5.41) is 7.81. The van der Waals surface area contributed by atoms with Gasteiger partial charge in [0, 0.05) is 42.4 Å². The number of anilines is 1. The van der Waals surface area contributed by atoms with Gasteiger partial charge in [-0.05, 0) is 67.1 Å². The first-order valence-corrected chi connectivity index (χ1v) is 11.2. The zero-order valence-corrected chi connectivity index (χ0v) is 19.2. The molecule has 0 saturated heterocycles. The van der Waals surface area contributed by atoms with E-state index in [1.165, 1.54) is 0 Å². The Morgan fingerprint density at radius 1 is 1.06 bits per heavy atom. The number of halogens is 1. The molecule has 0 spiro atoms. The minimum Gasteiger partial charge on any atom is -0.494 e. The van der Waals surface area contributed by atoms with E-state index < -0.39 is 0 Å². The number of nitrogens with zero attached hydrogens (tertiary/aromatic N) is 3. The van der Waals surface area contributed by atoms with E-state index in [4.69, 9.17) is 26.2 Å². The lowest BCUT2D eigenvalue weighted by molar-refractivity contribution is -0.0190. The van der Waals surface area contributed by atoms with Gasteiger partial charge >= 0.3 is 0 Å². The highest BCUT2D eigenvalue weighted by atomic mass is 35.5. The number of ether oxygens (including phenoxy) is 2. The lowest BCUT2D eigenvalue weighted by Gasteiger charge is -2.38. The fourth-order valence-electron chi connectivity index (χ4n) is 4.30. The summed E-state index contributed by atoms with van der Waals surface area (Å²) >= 11 is 6.34. The molecule has 5 rings (SSSR count). The Labute approximate surface area is 193 Å². The van der Waals surface area contributed by atoms with Gasteiger partial charge in [-0.15, -0.1) is 0 Å². The van der Waals surface area contributed by atoms with Gasteiger partial charge in [0.1, 0.15) is 11.5 Å². The van der Waals surface area contributed by atoms with Gasteiger partial charge in [0.05, 0.1) is 18.4 Å². The zero-order chi connectivity index (χ0) is 22.2. The Morgan fingerprint density at radius 3 is 2.50 bits per heavy atom. The van der Waals surface area contributed by atoms with E-state index in [-0.39, 0.29) is 12.3 Å². The van der Waals surface area contributed by atoms with Gasteiger partial charge in [-0.3, -0.25) is 0 Å². The normalized spacial score (nSPS) is 19.0. The van der Waals surface area contributed by atoms with Crippen LogP contribution >= 0.6 is 11.6 Å². The largest absolute Gasteiger partial charge is 0.494 e. The highest BCUT2D eigenvalue weighted by Gasteiger charge is 2.41. The van der Waals surface area contributed by atoms with Crippen molar-refractivity contribution in [2.75, 3.05) is 25.6 Å². The molecule has 32 heavy (non-hydrogen) atoms. The summed E-state index contributed by atoms with van der Waals surface area (Å²) < 4.78 is 12.0. The van der Waals surface area contributed by atoms with Gasteiger partial charge in [-0.25, -0.2) is 5.01 Å². The highest BCUT2D eigenvalue weighted by Crippen LogP contribution is 2.48. The van der Waals surface area contributed by atoms with Crippen LogP contribution in [0, 0.1) is 0 Å². The number of rotatable bonds is 5. The van der Waals surface area contributed by atoms with E-state index >= 15 is 0 Å². The third kappa shape index (κ3) is 3.78. The Kier molecular flexibility index (Phi) is 5.43. The second-order valence-corrected chi connectivity index (χ2v) is 8.68. The van der Waals surface area contributed by atoms with Crippen LogP contribution in [-0.2, 0) is 0 Å². The highest BCUT2D eigenvalue weighted by molar-refractivity contribution is 6.30. The maximum Gasteiger partial charge on any atom is 0.213 e. The fourth-order valence-corrected chi connectivity index (χ4v) is 4.48. The lowest BCUT2D eigenvalue weighted by atomic mass is 9.96. The van der Waals surface area contributed by atoms with Crippen molar-refractivity contribution in [3.05, 3.63) is 88.4 Å². The summed E-state index contributed by atoms with van der Waals surface area (Å²) in [6, 6.07) is 22.5. The number of hydrazone groups is 1. The van der Waals surface area contributed by atoms with Crippen molar-refractivity contribution < 1.29 is 9.47 Å². The number of hydrogen-bond donors (Lipinski definition) is 0. The van der Waals surface area contributed by atoms with Crippen molar-refractivity contribution in [3.63, 3.8) is 0 Å². The minimum absolute atomic E-state index is 0.0672. The molecule has 6 heteroatoms.